The number of fused-ring (bicyclic) bond motifs is 1. The zero-order chi connectivity index (χ0) is 18.0. The largest absolute Gasteiger partial charge is 0.303 e. The average molecular weight is 357 g/mol. The number of hydrogen-bond acceptors (Lipinski definition) is 4. The summed E-state index contributed by atoms with van der Waals surface area (Å²) in [5.41, 5.74) is 1.71. The van der Waals surface area contributed by atoms with E-state index < -0.39 is 15.9 Å². The number of carbonyl (C=O) groups excluding carboxylic acids is 1. The van der Waals surface area contributed by atoms with Crippen LogP contribution in [-0.2, 0) is 16.4 Å². The minimum absolute atomic E-state index is 0.0564. The molecule has 2 heterocycles. The van der Waals surface area contributed by atoms with Gasteiger partial charge in [0.15, 0.2) is 5.69 Å². The molecule has 0 unspecified atom stereocenters. The van der Waals surface area contributed by atoms with E-state index in [9.17, 15) is 13.2 Å². The topological polar surface area (TPSA) is 80.5 Å². The first-order valence-corrected chi connectivity index (χ1v) is 9.50. The number of hydrogen-bond donors (Lipinski definition) is 1. The Labute approximate surface area is 146 Å². The van der Waals surface area contributed by atoms with Crippen molar-refractivity contribution in [2.24, 2.45) is 0 Å². The van der Waals surface area contributed by atoms with Crippen LogP contribution in [0.4, 0.5) is 0 Å². The van der Waals surface area contributed by atoms with E-state index >= 15 is 0 Å². The minimum Gasteiger partial charge on any atom is -0.303 e. The van der Waals surface area contributed by atoms with E-state index in [4.69, 9.17) is 0 Å². The van der Waals surface area contributed by atoms with Gasteiger partial charge in [0.05, 0.1) is 10.4 Å². The maximum absolute atomic E-state index is 12.5. The van der Waals surface area contributed by atoms with Crippen LogP contribution in [0.2, 0.25) is 0 Å². The van der Waals surface area contributed by atoms with Crippen LogP contribution in [0, 0.1) is 6.92 Å². The van der Waals surface area contributed by atoms with Gasteiger partial charge in [0.1, 0.15) is 5.82 Å². The fraction of sp³-hybridized carbons (Fsp3) is 0.222. The summed E-state index contributed by atoms with van der Waals surface area (Å²) in [5, 5.41) is 0. The van der Waals surface area contributed by atoms with Gasteiger partial charge < -0.3 is 4.40 Å². The smallest absolute Gasteiger partial charge is 0.285 e. The van der Waals surface area contributed by atoms with Crippen LogP contribution in [0.3, 0.4) is 0 Å². The summed E-state index contributed by atoms with van der Waals surface area (Å²) in [4.78, 5) is 16.7. The molecule has 3 rings (SSSR count). The predicted octanol–water partition coefficient (Wildman–Crippen LogP) is 2.71. The van der Waals surface area contributed by atoms with Gasteiger partial charge in [-0.05, 0) is 43.2 Å². The molecule has 0 atom stereocenters. The highest BCUT2D eigenvalue weighted by Crippen LogP contribution is 2.15. The van der Waals surface area contributed by atoms with E-state index in [1.807, 2.05) is 6.07 Å². The van der Waals surface area contributed by atoms with Crippen molar-refractivity contribution in [2.75, 3.05) is 0 Å². The molecule has 0 fully saturated rings. The van der Waals surface area contributed by atoms with Gasteiger partial charge in [-0.2, -0.15) is 0 Å². The summed E-state index contributed by atoms with van der Waals surface area (Å²) < 4.78 is 28.8. The predicted molar refractivity (Wildman–Crippen MR) is 95.0 cm³/mol. The normalized spacial score (nSPS) is 11.6. The Hall–Kier alpha value is -2.67. The lowest BCUT2D eigenvalue weighted by Gasteiger charge is -2.07. The summed E-state index contributed by atoms with van der Waals surface area (Å²) >= 11 is 0. The van der Waals surface area contributed by atoms with Crippen molar-refractivity contribution < 1.29 is 13.2 Å². The van der Waals surface area contributed by atoms with Gasteiger partial charge in [0.25, 0.3) is 15.9 Å². The molecule has 0 aliphatic heterocycles. The summed E-state index contributed by atoms with van der Waals surface area (Å²) in [6.07, 6.45) is 3.64. The second-order valence-electron chi connectivity index (χ2n) is 5.79. The highest BCUT2D eigenvalue weighted by molar-refractivity contribution is 7.90. The molecule has 130 valence electrons. The quantitative estimate of drug-likeness (QED) is 0.761. The Balaban J connectivity index is 1.88. The number of carbonyl (C=O) groups is 1. The van der Waals surface area contributed by atoms with E-state index in [2.05, 4.69) is 16.6 Å². The monoisotopic (exact) mass is 357 g/mol. The molecular formula is C18H19N3O3S. The van der Waals surface area contributed by atoms with Crippen molar-refractivity contribution >= 4 is 21.4 Å². The van der Waals surface area contributed by atoms with E-state index in [1.54, 1.807) is 41.8 Å². The molecule has 1 N–H and O–H groups in total. The first-order valence-electron chi connectivity index (χ1n) is 8.02. The number of imidazole rings is 1. The van der Waals surface area contributed by atoms with Crippen molar-refractivity contribution in [1.82, 2.24) is 14.1 Å². The van der Waals surface area contributed by atoms with Crippen molar-refractivity contribution in [3.05, 3.63) is 65.7 Å². The number of aryl methyl sites for hydroxylation is 2. The molecule has 1 aromatic carbocycles. The molecule has 1 amide bonds. The molecule has 0 spiro atoms. The van der Waals surface area contributed by atoms with Gasteiger partial charge in [-0.3, -0.25) is 4.79 Å². The van der Waals surface area contributed by atoms with Gasteiger partial charge in [-0.1, -0.05) is 31.5 Å². The number of rotatable bonds is 5. The second kappa shape index (κ2) is 6.68. The fourth-order valence-electron chi connectivity index (χ4n) is 2.71. The van der Waals surface area contributed by atoms with Crippen molar-refractivity contribution in [2.45, 2.75) is 31.6 Å². The molecule has 7 heteroatoms. The molecular weight excluding hydrogens is 338 g/mol. The number of nitrogens with one attached hydrogen (secondary N) is 1. The van der Waals surface area contributed by atoms with Crippen LogP contribution < -0.4 is 4.72 Å². The van der Waals surface area contributed by atoms with Gasteiger partial charge in [0, 0.05) is 6.20 Å². The van der Waals surface area contributed by atoms with Crippen LogP contribution in [0.15, 0.2) is 53.6 Å². The zero-order valence-corrected chi connectivity index (χ0v) is 14.9. The first-order chi connectivity index (χ1) is 11.9. The third-order valence-corrected chi connectivity index (χ3v) is 5.29. The van der Waals surface area contributed by atoms with Crippen LogP contribution >= 0.6 is 0 Å². The summed E-state index contributed by atoms with van der Waals surface area (Å²) in [6, 6.07) is 11.9. The van der Waals surface area contributed by atoms with Gasteiger partial charge in [-0.15, -0.1) is 0 Å². The molecule has 3 aromatic rings. The number of pyridine rings is 1. The Morgan fingerprint density at radius 2 is 1.88 bits per heavy atom. The van der Waals surface area contributed by atoms with Crippen LogP contribution in [0.5, 0.6) is 0 Å². The zero-order valence-electron chi connectivity index (χ0n) is 14.1. The highest BCUT2D eigenvalue weighted by Gasteiger charge is 2.22. The second-order valence-corrected chi connectivity index (χ2v) is 7.47. The van der Waals surface area contributed by atoms with Gasteiger partial charge in [0.2, 0.25) is 0 Å². The average Bonchev–Trinajstić information content (AvgIpc) is 2.93. The standard InChI is InChI=1S/C18H19N3O3S/c1-3-6-14-8-10-15(11-9-14)25(23,24)20-18(22)17-16-7-4-5-12-21(16)13(2)19-17/h4-5,7-12H,3,6H2,1-2H3,(H,20,22). The third kappa shape index (κ3) is 3.41. The molecule has 0 aliphatic carbocycles. The lowest BCUT2D eigenvalue weighted by Crippen LogP contribution is -2.31. The van der Waals surface area contributed by atoms with Crippen molar-refractivity contribution in [1.29, 1.82) is 0 Å². The number of nitrogens with zero attached hydrogens (tertiary/aromatic N) is 2. The molecule has 0 saturated heterocycles. The highest BCUT2D eigenvalue weighted by atomic mass is 32.2. The Kier molecular flexibility index (Phi) is 4.59. The lowest BCUT2D eigenvalue weighted by atomic mass is 10.1. The van der Waals surface area contributed by atoms with E-state index in [1.165, 1.54) is 12.1 Å². The molecule has 0 aliphatic rings. The Morgan fingerprint density at radius 1 is 1.16 bits per heavy atom. The SMILES string of the molecule is CCCc1ccc(S(=O)(=O)NC(=O)c2nc(C)n3ccccc23)cc1. The first kappa shape index (κ1) is 17.2. The molecule has 0 saturated carbocycles. The summed E-state index contributed by atoms with van der Waals surface area (Å²) in [7, 11) is -3.95. The summed E-state index contributed by atoms with van der Waals surface area (Å²) in [5.74, 6) is -0.128. The number of sulfonamides is 1. The Bertz CT molecular complexity index is 1020. The van der Waals surface area contributed by atoms with Crippen molar-refractivity contribution in [3.8, 4) is 0 Å². The fourth-order valence-corrected chi connectivity index (χ4v) is 3.66. The molecule has 0 bridgehead atoms. The van der Waals surface area contributed by atoms with E-state index in [0.29, 0.717) is 11.3 Å². The number of aromatic nitrogens is 2. The van der Waals surface area contributed by atoms with Gasteiger partial charge in [-0.25, -0.2) is 18.1 Å². The number of amides is 1. The van der Waals surface area contributed by atoms with Crippen molar-refractivity contribution in [3.63, 3.8) is 0 Å². The van der Waals surface area contributed by atoms with Crippen LogP contribution in [-0.4, -0.2) is 23.7 Å². The third-order valence-electron chi connectivity index (χ3n) is 3.94. The lowest BCUT2D eigenvalue weighted by molar-refractivity contribution is 0.0978. The molecule has 6 nitrogen and oxygen atoms in total. The van der Waals surface area contributed by atoms with Crippen LogP contribution in [0.1, 0.15) is 35.2 Å². The van der Waals surface area contributed by atoms with E-state index in [0.717, 1.165) is 18.4 Å². The molecule has 25 heavy (non-hydrogen) atoms. The van der Waals surface area contributed by atoms with Crippen LogP contribution in [0.25, 0.3) is 5.52 Å². The minimum atomic E-state index is -3.95. The maximum Gasteiger partial charge on any atom is 0.285 e. The summed E-state index contributed by atoms with van der Waals surface area (Å²) in [6.45, 7) is 3.81. The Morgan fingerprint density at radius 3 is 2.56 bits per heavy atom. The number of benzene rings is 1. The maximum atomic E-state index is 12.5. The van der Waals surface area contributed by atoms with Gasteiger partial charge >= 0.3 is 0 Å². The van der Waals surface area contributed by atoms with E-state index in [-0.39, 0.29) is 10.6 Å². The molecule has 0 radical (unpaired) electrons. The molecule has 2 aromatic heterocycles.